The van der Waals surface area contributed by atoms with E-state index >= 15 is 0 Å². The molecule has 4 heteroatoms. The molecule has 1 aromatic rings. The number of carboxylic acids is 1. The first-order valence-corrected chi connectivity index (χ1v) is 5.11. The zero-order valence-electron chi connectivity index (χ0n) is 9.43. The Bertz CT molecular complexity index is 389. The fraction of sp³-hybridized carbons (Fsp3) is 0.417. The zero-order chi connectivity index (χ0) is 12.2. The average molecular weight is 221 g/mol. The van der Waals surface area contributed by atoms with E-state index in [-0.39, 0.29) is 18.6 Å². The Balaban J connectivity index is 2.98. The largest absolute Gasteiger partial charge is 0.481 e. The first-order chi connectivity index (χ1) is 7.47. The van der Waals surface area contributed by atoms with Gasteiger partial charge in [0.1, 0.15) is 5.78 Å². The van der Waals surface area contributed by atoms with E-state index in [1.807, 2.05) is 0 Å². The number of pyridine rings is 1. The number of aromatic nitrogens is 1. The Kier molecular flexibility index (Phi) is 3.77. The highest BCUT2D eigenvalue weighted by atomic mass is 16.4. The van der Waals surface area contributed by atoms with Crippen LogP contribution in [0.4, 0.5) is 0 Å². The van der Waals surface area contributed by atoms with Gasteiger partial charge >= 0.3 is 5.97 Å². The summed E-state index contributed by atoms with van der Waals surface area (Å²) in [7, 11) is 0. The predicted molar refractivity (Wildman–Crippen MR) is 59.1 cm³/mol. The second-order valence-electron chi connectivity index (χ2n) is 4.00. The van der Waals surface area contributed by atoms with E-state index in [9.17, 15) is 9.59 Å². The number of carbonyl (C=O) groups excluding carboxylic acids is 1. The molecule has 0 spiro atoms. The zero-order valence-corrected chi connectivity index (χ0v) is 9.43. The number of carboxylic acid groups (broad SMARTS) is 1. The van der Waals surface area contributed by atoms with Gasteiger partial charge in [-0.2, -0.15) is 0 Å². The van der Waals surface area contributed by atoms with Crippen LogP contribution in [0.15, 0.2) is 24.4 Å². The number of ketones is 1. The molecule has 0 saturated carbocycles. The van der Waals surface area contributed by atoms with Crippen LogP contribution in [0.1, 0.15) is 32.4 Å². The standard InChI is InChI=1S/C12H15NO3/c1-9(14)12(2,7-6-11(15)16)10-5-3-4-8-13-10/h3-5,8H,6-7H2,1-2H3,(H,15,16). The molecule has 1 rings (SSSR count). The normalized spacial score (nSPS) is 14.1. The number of nitrogens with zero attached hydrogens (tertiary/aromatic N) is 1. The van der Waals surface area contributed by atoms with Crippen LogP contribution in [0.3, 0.4) is 0 Å². The molecule has 0 aliphatic heterocycles. The van der Waals surface area contributed by atoms with Crippen molar-refractivity contribution in [1.82, 2.24) is 4.98 Å². The van der Waals surface area contributed by atoms with Crippen molar-refractivity contribution >= 4 is 11.8 Å². The van der Waals surface area contributed by atoms with Gasteiger partial charge in [-0.05, 0) is 32.4 Å². The lowest BCUT2D eigenvalue weighted by molar-refractivity contribution is -0.137. The third-order valence-electron chi connectivity index (χ3n) is 2.85. The highest BCUT2D eigenvalue weighted by Gasteiger charge is 2.33. The molecular formula is C12H15NO3. The number of rotatable bonds is 5. The first kappa shape index (κ1) is 12.4. The van der Waals surface area contributed by atoms with Crippen molar-refractivity contribution in [1.29, 1.82) is 0 Å². The molecule has 0 radical (unpaired) electrons. The summed E-state index contributed by atoms with van der Waals surface area (Å²) < 4.78 is 0. The lowest BCUT2D eigenvalue weighted by atomic mass is 9.78. The summed E-state index contributed by atoms with van der Waals surface area (Å²) in [4.78, 5) is 26.4. The summed E-state index contributed by atoms with van der Waals surface area (Å²) in [5, 5.41) is 8.67. The Morgan fingerprint density at radius 2 is 2.12 bits per heavy atom. The van der Waals surface area contributed by atoms with E-state index in [4.69, 9.17) is 5.11 Å². The van der Waals surface area contributed by atoms with Gasteiger partial charge in [0.05, 0.1) is 11.1 Å². The minimum atomic E-state index is -0.900. The van der Waals surface area contributed by atoms with Crippen molar-refractivity contribution in [2.75, 3.05) is 0 Å². The molecule has 16 heavy (non-hydrogen) atoms. The summed E-state index contributed by atoms with van der Waals surface area (Å²) >= 11 is 0. The van der Waals surface area contributed by atoms with Crippen molar-refractivity contribution in [2.45, 2.75) is 32.1 Å². The molecular weight excluding hydrogens is 206 g/mol. The number of hydrogen-bond acceptors (Lipinski definition) is 3. The number of hydrogen-bond donors (Lipinski definition) is 1. The lowest BCUT2D eigenvalue weighted by Gasteiger charge is -2.25. The van der Waals surface area contributed by atoms with Crippen LogP contribution in [0, 0.1) is 0 Å². The fourth-order valence-electron chi connectivity index (χ4n) is 1.53. The van der Waals surface area contributed by atoms with Gasteiger partial charge in [-0.15, -0.1) is 0 Å². The van der Waals surface area contributed by atoms with E-state index in [1.54, 1.807) is 31.3 Å². The van der Waals surface area contributed by atoms with Crippen molar-refractivity contribution in [3.8, 4) is 0 Å². The third kappa shape index (κ3) is 2.66. The SMILES string of the molecule is CC(=O)C(C)(CCC(=O)O)c1ccccn1. The maximum Gasteiger partial charge on any atom is 0.303 e. The molecule has 4 nitrogen and oxygen atoms in total. The van der Waals surface area contributed by atoms with Gasteiger partial charge in [-0.3, -0.25) is 14.6 Å². The maximum atomic E-state index is 11.6. The van der Waals surface area contributed by atoms with Gasteiger partial charge in [0.15, 0.2) is 0 Å². The quantitative estimate of drug-likeness (QED) is 0.823. The van der Waals surface area contributed by atoms with Crippen molar-refractivity contribution in [3.05, 3.63) is 30.1 Å². The molecule has 1 unspecified atom stereocenters. The van der Waals surface area contributed by atoms with E-state index in [1.165, 1.54) is 6.92 Å². The third-order valence-corrected chi connectivity index (χ3v) is 2.85. The fourth-order valence-corrected chi connectivity index (χ4v) is 1.53. The van der Waals surface area contributed by atoms with Crippen molar-refractivity contribution in [3.63, 3.8) is 0 Å². The maximum absolute atomic E-state index is 11.6. The summed E-state index contributed by atoms with van der Waals surface area (Å²) in [6.45, 7) is 3.21. The molecule has 0 aliphatic carbocycles. The smallest absolute Gasteiger partial charge is 0.303 e. The van der Waals surface area contributed by atoms with Gasteiger partial charge < -0.3 is 5.11 Å². The van der Waals surface area contributed by atoms with Gasteiger partial charge in [0.2, 0.25) is 0 Å². The van der Waals surface area contributed by atoms with Crippen LogP contribution >= 0.6 is 0 Å². The van der Waals surface area contributed by atoms with Crippen LogP contribution in [-0.4, -0.2) is 21.8 Å². The monoisotopic (exact) mass is 221 g/mol. The molecule has 0 saturated heterocycles. The highest BCUT2D eigenvalue weighted by molar-refractivity contribution is 5.87. The van der Waals surface area contributed by atoms with Gasteiger partial charge in [0, 0.05) is 12.6 Å². The van der Waals surface area contributed by atoms with E-state index in [0.717, 1.165) is 0 Å². The molecule has 0 fully saturated rings. The van der Waals surface area contributed by atoms with E-state index in [0.29, 0.717) is 5.69 Å². The number of Topliss-reactive ketones (excluding diaryl/α,β-unsaturated/α-hetero) is 1. The summed E-state index contributed by atoms with van der Waals surface area (Å²) in [6.07, 6.45) is 1.85. The topological polar surface area (TPSA) is 67.3 Å². The van der Waals surface area contributed by atoms with Crippen molar-refractivity contribution in [2.24, 2.45) is 0 Å². The van der Waals surface area contributed by atoms with Crippen LogP contribution in [-0.2, 0) is 15.0 Å². The molecule has 1 heterocycles. The predicted octanol–water partition coefficient (Wildman–Crippen LogP) is 1.79. The molecule has 0 aliphatic rings. The Labute approximate surface area is 94.3 Å². The average Bonchev–Trinajstić information content (AvgIpc) is 2.26. The second kappa shape index (κ2) is 4.88. The second-order valence-corrected chi connectivity index (χ2v) is 4.00. The molecule has 1 aromatic heterocycles. The molecule has 0 amide bonds. The van der Waals surface area contributed by atoms with Crippen LogP contribution in [0.25, 0.3) is 0 Å². The first-order valence-electron chi connectivity index (χ1n) is 5.11. The Morgan fingerprint density at radius 1 is 1.44 bits per heavy atom. The van der Waals surface area contributed by atoms with Gasteiger partial charge in [0.25, 0.3) is 0 Å². The minimum Gasteiger partial charge on any atom is -0.481 e. The summed E-state index contributed by atoms with van der Waals surface area (Å²) in [6, 6.07) is 5.31. The molecule has 0 bridgehead atoms. The van der Waals surface area contributed by atoms with E-state index in [2.05, 4.69) is 4.98 Å². The van der Waals surface area contributed by atoms with Gasteiger partial charge in [-0.1, -0.05) is 6.07 Å². The molecule has 1 atom stereocenters. The number of aliphatic carboxylic acids is 1. The Hall–Kier alpha value is -1.71. The molecule has 1 N–H and O–H groups in total. The summed E-state index contributed by atoms with van der Waals surface area (Å²) in [5.41, 5.74) is -0.177. The summed E-state index contributed by atoms with van der Waals surface area (Å²) in [5.74, 6) is -0.962. The molecule has 86 valence electrons. The minimum absolute atomic E-state index is 0.0351. The van der Waals surface area contributed by atoms with Crippen LogP contribution in [0.5, 0.6) is 0 Å². The highest BCUT2D eigenvalue weighted by Crippen LogP contribution is 2.28. The lowest BCUT2D eigenvalue weighted by Crippen LogP contribution is -2.32. The van der Waals surface area contributed by atoms with Gasteiger partial charge in [-0.25, -0.2) is 0 Å². The number of carbonyl (C=O) groups is 2. The van der Waals surface area contributed by atoms with E-state index < -0.39 is 11.4 Å². The van der Waals surface area contributed by atoms with Crippen LogP contribution in [0.2, 0.25) is 0 Å². The van der Waals surface area contributed by atoms with Crippen molar-refractivity contribution < 1.29 is 14.7 Å². The van der Waals surface area contributed by atoms with Crippen LogP contribution < -0.4 is 0 Å². The molecule has 0 aromatic carbocycles. The Morgan fingerprint density at radius 3 is 2.56 bits per heavy atom.